The Morgan fingerprint density at radius 2 is 1.79 bits per heavy atom. The minimum atomic E-state index is -0.432. The third kappa shape index (κ3) is 4.54. The van der Waals surface area contributed by atoms with Crippen LogP contribution in [-0.4, -0.2) is 66.4 Å². The Hall–Kier alpha value is -1.46. The number of likely N-dealkylation sites (N-methyl/N-ethyl adjacent to an activating group) is 1. The number of rotatable bonds is 7. The molecular weight excluding hydrogens is 305 g/mol. The van der Waals surface area contributed by atoms with Crippen LogP contribution in [-0.2, 0) is 11.5 Å². The molecule has 0 aliphatic carbocycles. The second-order valence-electron chi connectivity index (χ2n) is 6.38. The second kappa shape index (κ2) is 9.14. The summed E-state index contributed by atoms with van der Waals surface area (Å²) in [7, 11) is 0. The average molecular weight is 335 g/mol. The molecule has 0 bridgehead atoms. The maximum atomic E-state index is 13.5. The lowest BCUT2D eigenvalue weighted by molar-refractivity contribution is -0.130. The highest BCUT2D eigenvalue weighted by Gasteiger charge is 2.28. The fourth-order valence-corrected chi connectivity index (χ4v) is 3.47. The smallest absolute Gasteiger partial charge is 0.219 e. The number of piperazine rings is 1. The van der Waals surface area contributed by atoms with E-state index in [1.165, 1.54) is 0 Å². The van der Waals surface area contributed by atoms with Gasteiger partial charge in [-0.1, -0.05) is 38.1 Å². The molecule has 5 heteroatoms. The number of nitrogens with zero attached hydrogens (tertiary/aromatic N) is 3. The van der Waals surface area contributed by atoms with E-state index in [1.807, 2.05) is 23.1 Å². The van der Waals surface area contributed by atoms with E-state index in [0.717, 1.165) is 56.9 Å². The second-order valence-corrected chi connectivity index (χ2v) is 6.38. The SMILES string of the molecule is CCN(CC)CC(c1ccccc1CF)N1CCN(C(C)=O)CC1. The zero-order valence-corrected chi connectivity index (χ0v) is 15.2. The zero-order valence-electron chi connectivity index (χ0n) is 15.2. The van der Waals surface area contributed by atoms with Crippen LogP contribution in [0.2, 0.25) is 0 Å². The molecule has 1 aromatic carbocycles. The van der Waals surface area contributed by atoms with Crippen LogP contribution in [0.4, 0.5) is 4.39 Å². The van der Waals surface area contributed by atoms with Gasteiger partial charge in [0.1, 0.15) is 6.67 Å². The van der Waals surface area contributed by atoms with E-state index in [-0.39, 0.29) is 11.9 Å². The highest BCUT2D eigenvalue weighted by atomic mass is 19.1. The molecule has 0 aromatic heterocycles. The summed E-state index contributed by atoms with van der Waals surface area (Å²) in [5.74, 6) is 0.138. The normalized spacial score (nSPS) is 17.3. The van der Waals surface area contributed by atoms with Gasteiger partial charge in [-0.05, 0) is 24.2 Å². The van der Waals surface area contributed by atoms with Crippen LogP contribution in [0.1, 0.15) is 37.9 Å². The number of hydrogen-bond donors (Lipinski definition) is 0. The highest BCUT2D eigenvalue weighted by Crippen LogP contribution is 2.27. The number of hydrogen-bond acceptors (Lipinski definition) is 3. The van der Waals surface area contributed by atoms with E-state index in [4.69, 9.17) is 0 Å². The van der Waals surface area contributed by atoms with Gasteiger partial charge in [0.05, 0.1) is 0 Å². The van der Waals surface area contributed by atoms with Crippen molar-refractivity contribution in [2.24, 2.45) is 0 Å². The van der Waals surface area contributed by atoms with Crippen LogP contribution in [0.15, 0.2) is 24.3 Å². The third-order valence-corrected chi connectivity index (χ3v) is 5.08. The maximum absolute atomic E-state index is 13.5. The van der Waals surface area contributed by atoms with Gasteiger partial charge in [-0.25, -0.2) is 4.39 Å². The van der Waals surface area contributed by atoms with E-state index in [9.17, 15) is 9.18 Å². The summed E-state index contributed by atoms with van der Waals surface area (Å²) in [6.45, 7) is 11.6. The van der Waals surface area contributed by atoms with Gasteiger partial charge in [-0.15, -0.1) is 0 Å². The molecule has 1 unspecified atom stereocenters. The zero-order chi connectivity index (χ0) is 17.5. The molecule has 1 amide bonds. The molecule has 0 spiro atoms. The molecule has 134 valence electrons. The summed E-state index contributed by atoms with van der Waals surface area (Å²) < 4.78 is 13.5. The predicted molar refractivity (Wildman–Crippen MR) is 95.6 cm³/mol. The van der Waals surface area contributed by atoms with Crippen LogP contribution >= 0.6 is 0 Å². The summed E-state index contributed by atoms with van der Waals surface area (Å²) in [6, 6.07) is 8.01. The monoisotopic (exact) mass is 335 g/mol. The van der Waals surface area contributed by atoms with Gasteiger partial charge < -0.3 is 9.80 Å². The first-order valence-corrected chi connectivity index (χ1v) is 8.96. The standard InChI is InChI=1S/C19H30FN3O/c1-4-21(5-2)15-19(18-9-7-6-8-17(18)14-20)23-12-10-22(11-13-23)16(3)24/h6-9,19H,4-5,10-15H2,1-3H3. The number of carbonyl (C=O) groups is 1. The molecule has 1 aromatic rings. The van der Waals surface area contributed by atoms with Crippen LogP contribution in [0.25, 0.3) is 0 Å². The van der Waals surface area contributed by atoms with E-state index in [0.29, 0.717) is 0 Å². The van der Waals surface area contributed by atoms with Crippen LogP contribution in [0.5, 0.6) is 0 Å². The highest BCUT2D eigenvalue weighted by molar-refractivity contribution is 5.73. The molecule has 24 heavy (non-hydrogen) atoms. The van der Waals surface area contributed by atoms with E-state index < -0.39 is 6.67 Å². The molecule has 0 saturated carbocycles. The molecule has 1 fully saturated rings. The summed E-state index contributed by atoms with van der Waals surface area (Å²) in [4.78, 5) is 18.3. The lowest BCUT2D eigenvalue weighted by atomic mass is 9.98. The van der Waals surface area contributed by atoms with Gasteiger partial charge in [0.25, 0.3) is 0 Å². The van der Waals surface area contributed by atoms with Crippen LogP contribution in [0.3, 0.4) is 0 Å². The van der Waals surface area contributed by atoms with Crippen molar-refractivity contribution in [3.63, 3.8) is 0 Å². The Morgan fingerprint density at radius 1 is 1.17 bits per heavy atom. The molecule has 0 radical (unpaired) electrons. The molecule has 4 nitrogen and oxygen atoms in total. The lowest BCUT2D eigenvalue weighted by Gasteiger charge is -2.41. The van der Waals surface area contributed by atoms with Crippen molar-refractivity contribution >= 4 is 5.91 Å². The average Bonchev–Trinajstić information content (AvgIpc) is 2.63. The molecule has 0 N–H and O–H groups in total. The Morgan fingerprint density at radius 3 is 2.33 bits per heavy atom. The predicted octanol–water partition coefficient (Wildman–Crippen LogP) is 2.70. The largest absolute Gasteiger partial charge is 0.340 e. The van der Waals surface area contributed by atoms with Gasteiger partial charge in [-0.2, -0.15) is 0 Å². The third-order valence-electron chi connectivity index (χ3n) is 5.08. The van der Waals surface area contributed by atoms with Crippen molar-refractivity contribution in [1.82, 2.24) is 14.7 Å². The number of benzene rings is 1. The topological polar surface area (TPSA) is 26.8 Å². The Balaban J connectivity index is 2.22. The van der Waals surface area contributed by atoms with Crippen LogP contribution < -0.4 is 0 Å². The van der Waals surface area contributed by atoms with Gasteiger partial charge in [0.2, 0.25) is 5.91 Å². The van der Waals surface area contributed by atoms with Crippen molar-refractivity contribution in [2.45, 2.75) is 33.5 Å². The minimum Gasteiger partial charge on any atom is -0.340 e. The van der Waals surface area contributed by atoms with Gasteiger partial charge in [-0.3, -0.25) is 9.69 Å². The quantitative estimate of drug-likeness (QED) is 0.766. The van der Waals surface area contributed by atoms with E-state index >= 15 is 0 Å². The maximum Gasteiger partial charge on any atom is 0.219 e. The molecule has 1 aliphatic rings. The molecule has 1 aliphatic heterocycles. The first kappa shape index (κ1) is 18.9. The van der Waals surface area contributed by atoms with E-state index in [1.54, 1.807) is 6.92 Å². The van der Waals surface area contributed by atoms with Crippen LogP contribution in [0, 0.1) is 0 Å². The molecule has 1 heterocycles. The minimum absolute atomic E-state index is 0.138. The molecule has 1 saturated heterocycles. The fourth-order valence-electron chi connectivity index (χ4n) is 3.47. The van der Waals surface area contributed by atoms with Gasteiger partial charge in [0.15, 0.2) is 0 Å². The van der Waals surface area contributed by atoms with E-state index in [2.05, 4.69) is 29.7 Å². The summed E-state index contributed by atoms with van der Waals surface area (Å²) >= 11 is 0. The first-order chi connectivity index (χ1) is 11.6. The number of amides is 1. The van der Waals surface area contributed by atoms with Crippen molar-refractivity contribution in [2.75, 3.05) is 45.8 Å². The summed E-state index contributed by atoms with van der Waals surface area (Å²) in [6.07, 6.45) is 0. The summed E-state index contributed by atoms with van der Waals surface area (Å²) in [5, 5.41) is 0. The molecule has 2 rings (SSSR count). The Kier molecular flexibility index (Phi) is 7.18. The Labute approximate surface area is 145 Å². The van der Waals surface area contributed by atoms with Crippen molar-refractivity contribution < 1.29 is 9.18 Å². The summed E-state index contributed by atoms with van der Waals surface area (Å²) in [5.41, 5.74) is 1.87. The van der Waals surface area contributed by atoms with Gasteiger partial charge in [0, 0.05) is 45.7 Å². The van der Waals surface area contributed by atoms with Crippen molar-refractivity contribution in [3.8, 4) is 0 Å². The number of carbonyl (C=O) groups excluding carboxylic acids is 1. The molecular formula is C19H30FN3O. The molecule has 1 atom stereocenters. The number of alkyl halides is 1. The lowest BCUT2D eigenvalue weighted by Crippen LogP contribution is -2.51. The number of halogens is 1. The Bertz CT molecular complexity index is 525. The van der Waals surface area contributed by atoms with Gasteiger partial charge >= 0.3 is 0 Å². The fraction of sp³-hybridized carbons (Fsp3) is 0.632. The first-order valence-electron chi connectivity index (χ1n) is 8.96. The van der Waals surface area contributed by atoms with Crippen molar-refractivity contribution in [3.05, 3.63) is 35.4 Å². The van der Waals surface area contributed by atoms with Crippen molar-refractivity contribution in [1.29, 1.82) is 0 Å².